The fourth-order valence-electron chi connectivity index (χ4n) is 3.21. The van der Waals surface area contributed by atoms with Crippen LogP contribution in [0.15, 0.2) is 53.4 Å². The quantitative estimate of drug-likeness (QED) is 0.262. The van der Waals surface area contributed by atoms with Crippen molar-refractivity contribution in [2.75, 3.05) is 0 Å². The van der Waals surface area contributed by atoms with Gasteiger partial charge in [0.2, 0.25) is 0 Å². The molecular formula is C24H13Cl6NO3S. The summed E-state index contributed by atoms with van der Waals surface area (Å²) in [6.45, 7) is 0.128. The molecule has 35 heavy (non-hydrogen) atoms. The molecule has 1 saturated heterocycles. The fraction of sp³-hybridized carbons (Fsp3) is 0.0833. The highest BCUT2D eigenvalue weighted by Crippen LogP contribution is 2.39. The summed E-state index contributed by atoms with van der Waals surface area (Å²) in [6, 6.07) is 13.3. The van der Waals surface area contributed by atoms with E-state index in [0.29, 0.717) is 31.2 Å². The van der Waals surface area contributed by atoms with Crippen LogP contribution >= 0.6 is 81.4 Å². The summed E-state index contributed by atoms with van der Waals surface area (Å²) in [6.07, 6.45) is 1.54. The van der Waals surface area contributed by atoms with E-state index in [2.05, 4.69) is 0 Å². The Morgan fingerprint density at radius 2 is 1.46 bits per heavy atom. The Balaban J connectivity index is 1.51. The highest BCUT2D eigenvalue weighted by atomic mass is 35.5. The molecule has 3 aromatic rings. The Labute approximate surface area is 235 Å². The van der Waals surface area contributed by atoms with Crippen molar-refractivity contribution in [1.29, 1.82) is 0 Å². The van der Waals surface area contributed by atoms with E-state index < -0.39 is 11.1 Å². The number of amides is 2. The largest absolute Gasteiger partial charge is 0.486 e. The van der Waals surface area contributed by atoms with Crippen molar-refractivity contribution in [1.82, 2.24) is 4.90 Å². The predicted octanol–water partition coefficient (Wildman–Crippen LogP) is 9.42. The molecule has 0 aliphatic carbocycles. The Hall–Kier alpha value is -1.57. The molecule has 4 rings (SSSR count). The zero-order valence-electron chi connectivity index (χ0n) is 17.5. The smallest absolute Gasteiger partial charge is 0.293 e. The summed E-state index contributed by atoms with van der Waals surface area (Å²) in [5.74, 6) is -0.193. The molecule has 0 N–H and O–H groups in total. The van der Waals surface area contributed by atoms with Gasteiger partial charge >= 0.3 is 0 Å². The zero-order valence-corrected chi connectivity index (χ0v) is 22.8. The van der Waals surface area contributed by atoms with Crippen molar-refractivity contribution >= 4 is 98.6 Å². The molecule has 0 spiro atoms. The monoisotopic (exact) mass is 605 g/mol. The van der Waals surface area contributed by atoms with Crippen LogP contribution in [0.5, 0.6) is 5.75 Å². The van der Waals surface area contributed by atoms with Crippen molar-refractivity contribution in [3.8, 4) is 5.75 Å². The fourth-order valence-corrected chi connectivity index (χ4v) is 5.50. The molecule has 1 fully saturated rings. The number of carbonyl (C=O) groups excluding carboxylic acids is 2. The van der Waals surface area contributed by atoms with Crippen molar-refractivity contribution < 1.29 is 14.3 Å². The lowest BCUT2D eigenvalue weighted by Crippen LogP contribution is -2.27. The van der Waals surface area contributed by atoms with Crippen molar-refractivity contribution in [2.24, 2.45) is 0 Å². The Bertz CT molecular complexity index is 1330. The van der Waals surface area contributed by atoms with Gasteiger partial charge in [-0.15, -0.1) is 0 Å². The normalized spacial score (nSPS) is 14.8. The van der Waals surface area contributed by atoms with E-state index in [1.807, 2.05) is 0 Å². The van der Waals surface area contributed by atoms with Crippen LogP contribution in [0, 0.1) is 0 Å². The predicted molar refractivity (Wildman–Crippen MR) is 145 cm³/mol. The molecule has 0 radical (unpaired) electrons. The Morgan fingerprint density at radius 1 is 0.800 bits per heavy atom. The maximum atomic E-state index is 12.9. The molecule has 0 atom stereocenters. The third kappa shape index (κ3) is 6.05. The number of benzene rings is 3. The summed E-state index contributed by atoms with van der Waals surface area (Å²) in [5.41, 5.74) is 1.81. The second-order valence-corrected chi connectivity index (χ2v) is 10.8. The molecule has 1 heterocycles. The van der Waals surface area contributed by atoms with E-state index >= 15 is 0 Å². The molecule has 1 aliphatic heterocycles. The lowest BCUT2D eigenvalue weighted by molar-refractivity contribution is -0.123. The average molecular weight is 608 g/mol. The lowest BCUT2D eigenvalue weighted by Gasteiger charge is -2.14. The highest BCUT2D eigenvalue weighted by Gasteiger charge is 2.35. The highest BCUT2D eigenvalue weighted by molar-refractivity contribution is 8.18. The molecular weight excluding hydrogens is 595 g/mol. The molecule has 0 aromatic heterocycles. The van der Waals surface area contributed by atoms with E-state index in [1.54, 1.807) is 54.6 Å². The Morgan fingerprint density at radius 3 is 2.09 bits per heavy atom. The van der Waals surface area contributed by atoms with Gasteiger partial charge in [-0.25, -0.2) is 0 Å². The van der Waals surface area contributed by atoms with Gasteiger partial charge in [0.15, 0.2) is 5.75 Å². The molecule has 0 bridgehead atoms. The first-order chi connectivity index (χ1) is 16.6. The van der Waals surface area contributed by atoms with Crippen LogP contribution in [-0.2, 0) is 17.9 Å². The standard InChI is InChI=1S/C24H13Cl6NO3S/c25-15-2-1-3-16(26)14(15)10-31-23(32)21(35-24(31)33)9-13-7-19(29)22(20(30)8-13)34-11-12-4-5-17(27)18(28)6-12/h1-9H,10-11H2/b21-9-. The number of rotatable bonds is 6. The van der Waals surface area contributed by atoms with Crippen LogP contribution in [0.1, 0.15) is 16.7 Å². The number of nitrogens with zero attached hydrogens (tertiary/aromatic N) is 1. The molecule has 4 nitrogen and oxygen atoms in total. The summed E-state index contributed by atoms with van der Waals surface area (Å²) in [5, 5.41) is 1.64. The third-order valence-corrected chi connectivity index (χ3v) is 7.85. The van der Waals surface area contributed by atoms with E-state index in [1.165, 1.54) is 0 Å². The first-order valence-corrected chi connectivity index (χ1v) is 13.0. The van der Waals surface area contributed by atoms with E-state index in [0.717, 1.165) is 22.2 Å². The van der Waals surface area contributed by atoms with Crippen LogP contribution in [0.2, 0.25) is 30.1 Å². The first-order valence-electron chi connectivity index (χ1n) is 9.88. The zero-order chi connectivity index (χ0) is 25.3. The number of ether oxygens (including phenoxy) is 1. The number of halogens is 6. The summed E-state index contributed by atoms with van der Waals surface area (Å²) >= 11 is 37.9. The van der Waals surface area contributed by atoms with Gasteiger partial charge in [-0.05, 0) is 65.4 Å². The summed E-state index contributed by atoms with van der Waals surface area (Å²) in [4.78, 5) is 26.7. The van der Waals surface area contributed by atoms with Gasteiger partial charge in [0, 0.05) is 15.6 Å². The molecule has 11 heteroatoms. The minimum Gasteiger partial charge on any atom is -0.486 e. The Kier molecular flexibility index (Phi) is 8.49. The second kappa shape index (κ2) is 11.2. The van der Waals surface area contributed by atoms with Crippen LogP contribution in [0.25, 0.3) is 6.08 Å². The second-order valence-electron chi connectivity index (χ2n) is 7.32. The van der Waals surface area contributed by atoms with E-state index in [-0.39, 0.29) is 33.9 Å². The number of thioether (sulfide) groups is 1. The molecule has 0 saturated carbocycles. The first kappa shape index (κ1) is 26.5. The SMILES string of the molecule is O=C1S/C(=C\c2cc(Cl)c(OCc3ccc(Cl)c(Cl)c3)c(Cl)c2)C(=O)N1Cc1c(Cl)cccc1Cl. The van der Waals surface area contributed by atoms with E-state index in [4.69, 9.17) is 74.3 Å². The molecule has 1 aliphatic rings. The molecule has 180 valence electrons. The number of hydrogen-bond acceptors (Lipinski definition) is 4. The number of hydrogen-bond donors (Lipinski definition) is 0. The lowest BCUT2D eigenvalue weighted by atomic mass is 10.2. The molecule has 2 amide bonds. The van der Waals surface area contributed by atoms with Gasteiger partial charge in [-0.1, -0.05) is 81.7 Å². The van der Waals surface area contributed by atoms with Crippen LogP contribution < -0.4 is 4.74 Å². The van der Waals surface area contributed by atoms with Crippen molar-refractivity contribution in [3.63, 3.8) is 0 Å². The van der Waals surface area contributed by atoms with Gasteiger partial charge in [-0.3, -0.25) is 14.5 Å². The minimum absolute atomic E-state index is 0.0382. The van der Waals surface area contributed by atoms with Crippen molar-refractivity contribution in [3.05, 3.63) is 100 Å². The van der Waals surface area contributed by atoms with Crippen molar-refractivity contribution in [2.45, 2.75) is 13.2 Å². The van der Waals surface area contributed by atoms with Gasteiger partial charge in [-0.2, -0.15) is 0 Å². The van der Waals surface area contributed by atoms with Crippen LogP contribution in [0.3, 0.4) is 0 Å². The van der Waals surface area contributed by atoms with Gasteiger partial charge in [0.1, 0.15) is 6.61 Å². The van der Waals surface area contributed by atoms with Gasteiger partial charge in [0.25, 0.3) is 11.1 Å². The van der Waals surface area contributed by atoms with E-state index in [9.17, 15) is 9.59 Å². The number of imide groups is 1. The summed E-state index contributed by atoms with van der Waals surface area (Å²) < 4.78 is 5.77. The molecule has 0 unspecified atom stereocenters. The maximum Gasteiger partial charge on any atom is 0.293 e. The molecule has 3 aromatic carbocycles. The third-order valence-electron chi connectivity index (χ3n) is 4.94. The number of carbonyl (C=O) groups is 2. The summed E-state index contributed by atoms with van der Waals surface area (Å²) in [7, 11) is 0. The van der Waals surface area contributed by atoms with Gasteiger partial charge in [0.05, 0.1) is 31.5 Å². The maximum absolute atomic E-state index is 12.9. The average Bonchev–Trinajstić information content (AvgIpc) is 3.05. The van der Waals surface area contributed by atoms with Crippen LogP contribution in [0.4, 0.5) is 4.79 Å². The minimum atomic E-state index is -0.469. The topological polar surface area (TPSA) is 46.6 Å². The van der Waals surface area contributed by atoms with Gasteiger partial charge < -0.3 is 4.74 Å². The van der Waals surface area contributed by atoms with Crippen LogP contribution in [-0.4, -0.2) is 16.0 Å².